The summed E-state index contributed by atoms with van der Waals surface area (Å²) < 4.78 is 0. The van der Waals surface area contributed by atoms with Gasteiger partial charge in [-0.15, -0.1) is 0 Å². The van der Waals surface area contributed by atoms with Crippen LogP contribution in [0.25, 0.3) is 5.57 Å². The van der Waals surface area contributed by atoms with Crippen LogP contribution in [0, 0.1) is 11.1 Å². The van der Waals surface area contributed by atoms with Gasteiger partial charge in [0.25, 0.3) is 0 Å². The maximum Gasteiger partial charge on any atom is 0.150 e. The third-order valence-electron chi connectivity index (χ3n) is 4.05. The van der Waals surface area contributed by atoms with Crippen LogP contribution < -0.4 is 15.5 Å². The molecule has 0 amide bonds. The molecule has 2 aliphatic heterocycles. The van der Waals surface area contributed by atoms with Gasteiger partial charge in [-0.25, -0.2) is 10.4 Å². The lowest BCUT2D eigenvalue weighted by molar-refractivity contribution is -0.847. The Morgan fingerprint density at radius 2 is 2.40 bits per heavy atom. The van der Waals surface area contributed by atoms with E-state index in [1.807, 2.05) is 12.3 Å². The van der Waals surface area contributed by atoms with Gasteiger partial charge in [0.2, 0.25) is 0 Å². The Labute approximate surface area is 119 Å². The summed E-state index contributed by atoms with van der Waals surface area (Å²) in [7, 11) is 0. The fourth-order valence-corrected chi connectivity index (χ4v) is 3.26. The van der Waals surface area contributed by atoms with Crippen LogP contribution in [0.5, 0.6) is 0 Å². The summed E-state index contributed by atoms with van der Waals surface area (Å²) in [5, 5.41) is 14.3. The molecule has 5 nitrogen and oxygen atoms in total. The normalized spacial score (nSPS) is 25.4. The van der Waals surface area contributed by atoms with E-state index in [1.54, 1.807) is 0 Å². The predicted molar refractivity (Wildman–Crippen MR) is 80.0 cm³/mol. The second-order valence-corrected chi connectivity index (χ2v) is 5.71. The van der Waals surface area contributed by atoms with Crippen molar-refractivity contribution in [3.05, 3.63) is 34.7 Å². The molecule has 0 aliphatic carbocycles. The smallest absolute Gasteiger partial charge is 0.150 e. The molecule has 1 aromatic heterocycles. The maximum absolute atomic E-state index is 11.9. The second kappa shape index (κ2) is 5.52. The van der Waals surface area contributed by atoms with E-state index in [-0.39, 0.29) is 0 Å². The molecule has 0 saturated carbocycles. The first kappa shape index (κ1) is 13.5. The number of fused-ring (bicyclic) bond motifs is 2. The van der Waals surface area contributed by atoms with Gasteiger partial charge < -0.3 is 10.3 Å². The SMILES string of the molecule is CCCNN1CC2=C(c3cccnc31)C(C)C[NH+]([O-])C2. The van der Waals surface area contributed by atoms with Crippen molar-refractivity contribution in [2.75, 3.05) is 31.2 Å². The van der Waals surface area contributed by atoms with Crippen molar-refractivity contribution < 1.29 is 5.06 Å². The van der Waals surface area contributed by atoms with Gasteiger partial charge in [0, 0.05) is 29.8 Å². The molecule has 2 aliphatic rings. The Morgan fingerprint density at radius 1 is 1.55 bits per heavy atom. The Balaban J connectivity index is 2.01. The van der Waals surface area contributed by atoms with E-state index in [4.69, 9.17) is 0 Å². The van der Waals surface area contributed by atoms with E-state index in [0.717, 1.165) is 25.3 Å². The van der Waals surface area contributed by atoms with Gasteiger partial charge in [0.05, 0.1) is 13.1 Å². The number of hydrogen-bond donors (Lipinski definition) is 2. The van der Waals surface area contributed by atoms with Gasteiger partial charge >= 0.3 is 0 Å². The number of hydrazine groups is 1. The van der Waals surface area contributed by atoms with Gasteiger partial charge in [0.15, 0.2) is 5.82 Å². The number of nitrogens with one attached hydrogen (secondary N) is 2. The molecule has 5 heteroatoms. The minimum absolute atomic E-state index is 0.308. The number of hydroxylamine groups is 2. The summed E-state index contributed by atoms with van der Waals surface area (Å²) in [5.74, 6) is 1.31. The van der Waals surface area contributed by atoms with Crippen LogP contribution in [-0.4, -0.2) is 31.2 Å². The molecule has 0 saturated heterocycles. The van der Waals surface area contributed by atoms with Crippen LogP contribution in [0.3, 0.4) is 0 Å². The fraction of sp³-hybridized carbons (Fsp3) is 0.533. The Bertz CT molecular complexity index is 528. The van der Waals surface area contributed by atoms with E-state index in [2.05, 4.69) is 35.3 Å². The summed E-state index contributed by atoms with van der Waals surface area (Å²) >= 11 is 0. The molecule has 0 spiro atoms. The van der Waals surface area contributed by atoms with Crippen LogP contribution in [0.2, 0.25) is 0 Å². The van der Waals surface area contributed by atoms with Crippen molar-refractivity contribution in [1.29, 1.82) is 0 Å². The molecule has 2 unspecified atom stereocenters. The third-order valence-corrected chi connectivity index (χ3v) is 4.05. The summed E-state index contributed by atoms with van der Waals surface area (Å²) in [6.45, 7) is 7.25. The molecular weight excluding hydrogens is 252 g/mol. The standard InChI is InChI=1S/C15H22N4O/c1-3-6-17-19-10-12-9-18(20)8-11(2)14(12)13-5-4-7-16-15(13)19/h4-5,7,11,17-18H,3,6,8-10H2,1-2H3. The van der Waals surface area contributed by atoms with Crippen molar-refractivity contribution in [2.45, 2.75) is 20.3 Å². The van der Waals surface area contributed by atoms with E-state index in [9.17, 15) is 5.21 Å². The molecule has 0 radical (unpaired) electrons. The quantitative estimate of drug-likeness (QED) is 0.793. The number of pyridine rings is 1. The molecule has 0 aromatic carbocycles. The molecule has 108 valence electrons. The molecule has 2 N–H and O–H groups in total. The van der Waals surface area contributed by atoms with Crippen LogP contribution >= 0.6 is 0 Å². The summed E-state index contributed by atoms with van der Waals surface area (Å²) in [6, 6.07) is 4.11. The van der Waals surface area contributed by atoms with E-state index < -0.39 is 0 Å². The highest BCUT2D eigenvalue weighted by Gasteiger charge is 2.33. The summed E-state index contributed by atoms with van der Waals surface area (Å²) in [6.07, 6.45) is 2.91. The Morgan fingerprint density at radius 3 is 3.20 bits per heavy atom. The van der Waals surface area contributed by atoms with Crippen molar-refractivity contribution in [3.8, 4) is 0 Å². The number of anilines is 1. The number of nitrogens with zero attached hydrogens (tertiary/aromatic N) is 2. The van der Waals surface area contributed by atoms with Crippen LogP contribution in [0.15, 0.2) is 23.9 Å². The Kier molecular flexibility index (Phi) is 3.74. The van der Waals surface area contributed by atoms with Crippen LogP contribution in [-0.2, 0) is 0 Å². The van der Waals surface area contributed by atoms with Gasteiger partial charge in [-0.2, -0.15) is 0 Å². The zero-order chi connectivity index (χ0) is 14.1. The van der Waals surface area contributed by atoms with Crippen molar-refractivity contribution in [1.82, 2.24) is 10.4 Å². The van der Waals surface area contributed by atoms with Gasteiger partial charge in [-0.05, 0) is 24.1 Å². The van der Waals surface area contributed by atoms with Crippen molar-refractivity contribution >= 4 is 11.4 Å². The molecule has 3 rings (SSSR count). The highest BCUT2D eigenvalue weighted by Crippen LogP contribution is 2.37. The molecule has 3 heterocycles. The first-order valence-electron chi connectivity index (χ1n) is 7.40. The van der Waals surface area contributed by atoms with Gasteiger partial charge in [-0.1, -0.05) is 13.8 Å². The summed E-state index contributed by atoms with van der Waals surface area (Å²) in [5.41, 5.74) is 7.22. The zero-order valence-electron chi connectivity index (χ0n) is 12.1. The Hall–Kier alpha value is -1.43. The lowest BCUT2D eigenvalue weighted by Crippen LogP contribution is -3.09. The third kappa shape index (κ3) is 2.32. The van der Waals surface area contributed by atoms with E-state index >= 15 is 0 Å². The maximum atomic E-state index is 11.9. The average molecular weight is 274 g/mol. The van der Waals surface area contributed by atoms with Crippen molar-refractivity contribution in [3.63, 3.8) is 0 Å². The number of hydrogen-bond acceptors (Lipinski definition) is 4. The van der Waals surface area contributed by atoms with Crippen molar-refractivity contribution in [2.24, 2.45) is 5.92 Å². The van der Waals surface area contributed by atoms with E-state index in [1.165, 1.54) is 16.7 Å². The fourth-order valence-electron chi connectivity index (χ4n) is 3.26. The lowest BCUT2D eigenvalue weighted by Gasteiger charge is -2.41. The largest absolute Gasteiger partial charge is 0.634 e. The highest BCUT2D eigenvalue weighted by atomic mass is 16.5. The van der Waals surface area contributed by atoms with Crippen LogP contribution in [0.4, 0.5) is 5.82 Å². The highest BCUT2D eigenvalue weighted by molar-refractivity contribution is 5.81. The molecule has 0 bridgehead atoms. The first-order valence-corrected chi connectivity index (χ1v) is 7.40. The number of quaternary nitrogens is 1. The minimum Gasteiger partial charge on any atom is -0.634 e. The monoisotopic (exact) mass is 274 g/mol. The van der Waals surface area contributed by atoms with E-state index in [0.29, 0.717) is 24.1 Å². The van der Waals surface area contributed by atoms with Gasteiger partial charge in [-0.3, -0.25) is 5.01 Å². The van der Waals surface area contributed by atoms with Gasteiger partial charge in [0.1, 0.15) is 6.54 Å². The number of rotatable bonds is 3. The molecule has 2 atom stereocenters. The molecule has 0 fully saturated rings. The topological polar surface area (TPSA) is 55.7 Å². The van der Waals surface area contributed by atoms with Crippen LogP contribution in [0.1, 0.15) is 25.8 Å². The molecule has 1 aromatic rings. The number of aromatic nitrogens is 1. The summed E-state index contributed by atoms with van der Waals surface area (Å²) in [4.78, 5) is 4.54. The average Bonchev–Trinajstić information content (AvgIpc) is 2.43. The predicted octanol–water partition coefficient (Wildman–Crippen LogP) is 0.602. The second-order valence-electron chi connectivity index (χ2n) is 5.71. The molecule has 20 heavy (non-hydrogen) atoms. The minimum atomic E-state index is 0.308. The first-order chi connectivity index (χ1) is 9.70. The lowest BCUT2D eigenvalue weighted by atomic mass is 9.84. The zero-order valence-corrected chi connectivity index (χ0v) is 12.1. The molecular formula is C15H22N4O.